The zero-order valence-electron chi connectivity index (χ0n) is 21.6. The van der Waals surface area contributed by atoms with E-state index >= 15 is 0 Å². The molecule has 1 aliphatic heterocycles. The molecule has 4 heteroatoms. The lowest BCUT2D eigenvalue weighted by Gasteiger charge is -2.60. The Bertz CT molecular complexity index is 905. The number of hydrogen-bond acceptors (Lipinski definition) is 4. The third-order valence-corrected chi connectivity index (χ3v) is 9.13. The van der Waals surface area contributed by atoms with Gasteiger partial charge in [-0.1, -0.05) is 67.1 Å². The second-order valence-electron chi connectivity index (χ2n) is 11.4. The van der Waals surface area contributed by atoms with Crippen LogP contribution in [0.25, 0.3) is 0 Å². The van der Waals surface area contributed by atoms with Crippen LogP contribution in [0.1, 0.15) is 74.3 Å². The summed E-state index contributed by atoms with van der Waals surface area (Å²) in [4.78, 5) is 18.1. The lowest BCUT2D eigenvalue weighted by molar-refractivity contribution is -0.167. The van der Waals surface area contributed by atoms with Gasteiger partial charge in [0.2, 0.25) is 0 Å². The fourth-order valence-corrected chi connectivity index (χ4v) is 7.26. The van der Waals surface area contributed by atoms with E-state index in [-0.39, 0.29) is 17.6 Å². The van der Waals surface area contributed by atoms with E-state index in [9.17, 15) is 4.79 Å². The van der Waals surface area contributed by atoms with Gasteiger partial charge in [0.1, 0.15) is 6.10 Å². The Kier molecular flexibility index (Phi) is 7.59. The van der Waals surface area contributed by atoms with Crippen LogP contribution < -0.4 is 0 Å². The van der Waals surface area contributed by atoms with Crippen LogP contribution in [0.4, 0.5) is 0 Å². The van der Waals surface area contributed by atoms with Crippen molar-refractivity contribution in [1.82, 2.24) is 9.80 Å². The van der Waals surface area contributed by atoms with Crippen molar-refractivity contribution in [2.75, 3.05) is 33.7 Å². The third-order valence-electron chi connectivity index (χ3n) is 9.13. The molecule has 1 heterocycles. The van der Waals surface area contributed by atoms with Gasteiger partial charge < -0.3 is 14.5 Å². The van der Waals surface area contributed by atoms with E-state index in [2.05, 4.69) is 84.6 Å². The Morgan fingerprint density at radius 1 is 0.886 bits per heavy atom. The number of nitrogens with zero attached hydrogens (tertiary/aromatic N) is 2. The van der Waals surface area contributed by atoms with Crippen LogP contribution in [0.15, 0.2) is 60.7 Å². The first-order valence-electron chi connectivity index (χ1n) is 13.7. The maximum atomic E-state index is 13.1. The van der Waals surface area contributed by atoms with Crippen molar-refractivity contribution in [3.8, 4) is 0 Å². The van der Waals surface area contributed by atoms with Crippen molar-refractivity contribution in [2.45, 2.75) is 74.8 Å². The summed E-state index contributed by atoms with van der Waals surface area (Å²) < 4.78 is 6.41. The van der Waals surface area contributed by atoms with Gasteiger partial charge in [-0.15, -0.1) is 0 Å². The molecule has 3 saturated carbocycles. The minimum Gasteiger partial charge on any atom is -0.462 e. The molecule has 188 valence electrons. The molecule has 3 aliphatic carbocycles. The molecule has 4 fully saturated rings. The minimum atomic E-state index is -0.0437. The number of fused-ring (bicyclic) bond motifs is 3. The summed E-state index contributed by atoms with van der Waals surface area (Å²) in [6, 6.07) is 21.9. The summed E-state index contributed by atoms with van der Waals surface area (Å²) in [5.41, 5.74) is 2.81. The van der Waals surface area contributed by atoms with Crippen molar-refractivity contribution in [3.05, 3.63) is 71.8 Å². The van der Waals surface area contributed by atoms with Crippen LogP contribution in [-0.4, -0.2) is 61.1 Å². The molecule has 0 radical (unpaired) electrons. The lowest BCUT2D eigenvalue weighted by Crippen LogP contribution is -2.61. The number of hydrogen-bond donors (Lipinski definition) is 0. The third kappa shape index (κ3) is 5.34. The molecule has 2 aromatic carbocycles. The molecule has 0 N–H and O–H groups in total. The fourth-order valence-electron chi connectivity index (χ4n) is 7.26. The molecule has 0 aromatic heterocycles. The van der Waals surface area contributed by atoms with E-state index in [1.165, 1.54) is 43.5 Å². The van der Waals surface area contributed by atoms with Gasteiger partial charge in [-0.05, 0) is 88.8 Å². The van der Waals surface area contributed by atoms with Crippen LogP contribution in [0.3, 0.4) is 0 Å². The minimum absolute atomic E-state index is 0.00733. The van der Waals surface area contributed by atoms with Crippen molar-refractivity contribution in [2.24, 2.45) is 5.92 Å². The first-order valence-corrected chi connectivity index (χ1v) is 13.7. The van der Waals surface area contributed by atoms with Gasteiger partial charge in [0.05, 0.1) is 0 Å². The summed E-state index contributed by atoms with van der Waals surface area (Å²) >= 11 is 0. The van der Waals surface area contributed by atoms with Crippen LogP contribution >= 0.6 is 0 Å². The van der Waals surface area contributed by atoms with E-state index < -0.39 is 0 Å². The fraction of sp³-hybridized carbons (Fsp3) is 0.581. The number of carbonyl (C=O) groups excluding carboxylic acids is 1. The molecule has 4 nitrogen and oxygen atoms in total. The highest BCUT2D eigenvalue weighted by Crippen LogP contribution is 2.60. The monoisotopic (exact) mass is 474 g/mol. The Hall–Kier alpha value is -2.17. The van der Waals surface area contributed by atoms with E-state index in [1.54, 1.807) is 0 Å². The zero-order chi connectivity index (χ0) is 24.3. The Labute approximate surface area is 211 Å². The van der Waals surface area contributed by atoms with Gasteiger partial charge in [-0.3, -0.25) is 4.79 Å². The molecule has 3 unspecified atom stereocenters. The number of rotatable bonds is 8. The van der Waals surface area contributed by atoms with Gasteiger partial charge in [0.15, 0.2) is 0 Å². The highest BCUT2D eigenvalue weighted by atomic mass is 16.5. The molecule has 35 heavy (non-hydrogen) atoms. The average molecular weight is 475 g/mol. The van der Waals surface area contributed by atoms with Crippen molar-refractivity contribution in [1.29, 1.82) is 0 Å². The molecule has 2 aromatic rings. The van der Waals surface area contributed by atoms with Gasteiger partial charge in [0.25, 0.3) is 0 Å². The molecular weight excluding hydrogens is 432 g/mol. The van der Waals surface area contributed by atoms with Crippen LogP contribution in [0, 0.1) is 5.92 Å². The summed E-state index contributed by atoms with van der Waals surface area (Å²) in [7, 11) is 4.43. The maximum absolute atomic E-state index is 13.1. The number of benzene rings is 2. The number of likely N-dealkylation sites (tertiary alicyclic amines) is 1. The summed E-state index contributed by atoms with van der Waals surface area (Å²) in [6.07, 6.45) is 8.51. The standard InChI is InChI=1S/C31H42N2O2/c1-32(2)31-21-26(24-13-6-3-7-14-24)30(27(22-31)25-15-8-4-9-16-25)28(23-31)35-29(34)17-12-20-33-18-10-5-11-19-33/h3-4,6-9,13-16,26-28,30H,5,10-12,17-23H2,1-2H3. The SMILES string of the molecule is CN(C)C12CC(OC(=O)CCCN3CCCCC3)C(C(c3ccccc3)C1)C(c1ccccc1)C2. The quantitative estimate of drug-likeness (QED) is 0.450. The highest BCUT2D eigenvalue weighted by Gasteiger charge is 2.58. The van der Waals surface area contributed by atoms with Crippen LogP contribution in [0.2, 0.25) is 0 Å². The lowest BCUT2D eigenvalue weighted by atomic mass is 9.52. The zero-order valence-corrected chi connectivity index (χ0v) is 21.6. The summed E-state index contributed by atoms with van der Waals surface area (Å²) in [5, 5.41) is 0. The van der Waals surface area contributed by atoms with Crippen molar-refractivity contribution >= 4 is 5.97 Å². The molecule has 1 saturated heterocycles. The Balaban J connectivity index is 1.37. The van der Waals surface area contributed by atoms with E-state index in [1.807, 2.05) is 0 Å². The topological polar surface area (TPSA) is 32.8 Å². The molecule has 6 rings (SSSR count). The molecule has 0 amide bonds. The molecule has 2 bridgehead atoms. The average Bonchev–Trinajstić information content (AvgIpc) is 2.90. The molecule has 4 aliphatic rings. The molecule has 0 spiro atoms. The second-order valence-corrected chi connectivity index (χ2v) is 11.4. The van der Waals surface area contributed by atoms with Gasteiger partial charge >= 0.3 is 5.97 Å². The number of ether oxygens (including phenoxy) is 1. The van der Waals surface area contributed by atoms with E-state index in [0.29, 0.717) is 24.2 Å². The summed E-state index contributed by atoms with van der Waals surface area (Å²) in [6.45, 7) is 3.38. The second kappa shape index (κ2) is 10.8. The molecular formula is C31H42N2O2. The van der Waals surface area contributed by atoms with Crippen molar-refractivity contribution in [3.63, 3.8) is 0 Å². The van der Waals surface area contributed by atoms with Gasteiger partial charge in [-0.25, -0.2) is 0 Å². The summed E-state index contributed by atoms with van der Waals surface area (Å²) in [5.74, 6) is 1.08. The van der Waals surface area contributed by atoms with Crippen molar-refractivity contribution < 1.29 is 9.53 Å². The number of carbonyl (C=O) groups is 1. The largest absolute Gasteiger partial charge is 0.462 e. The van der Waals surface area contributed by atoms with E-state index in [0.717, 1.165) is 32.2 Å². The maximum Gasteiger partial charge on any atom is 0.306 e. The smallest absolute Gasteiger partial charge is 0.306 e. The van der Waals surface area contributed by atoms with E-state index in [4.69, 9.17) is 4.74 Å². The van der Waals surface area contributed by atoms with Gasteiger partial charge in [0, 0.05) is 24.3 Å². The first-order chi connectivity index (χ1) is 17.1. The predicted octanol–water partition coefficient (Wildman–Crippen LogP) is 5.85. The molecule has 3 atom stereocenters. The number of piperidine rings is 1. The Morgan fingerprint density at radius 2 is 1.46 bits per heavy atom. The van der Waals surface area contributed by atoms with Crippen LogP contribution in [0.5, 0.6) is 0 Å². The normalized spacial score (nSPS) is 30.9. The predicted molar refractivity (Wildman–Crippen MR) is 142 cm³/mol. The highest BCUT2D eigenvalue weighted by molar-refractivity contribution is 5.69. The van der Waals surface area contributed by atoms with Gasteiger partial charge in [-0.2, -0.15) is 0 Å². The first kappa shape index (κ1) is 24.5. The van der Waals surface area contributed by atoms with Crippen LogP contribution in [-0.2, 0) is 9.53 Å². The number of esters is 1. The Morgan fingerprint density at radius 3 is 2.00 bits per heavy atom.